The fourth-order valence-electron chi connectivity index (χ4n) is 2.89. The van der Waals surface area contributed by atoms with E-state index in [0.717, 1.165) is 57.0 Å². The van der Waals surface area contributed by atoms with Gasteiger partial charge in [0, 0.05) is 37.8 Å². The van der Waals surface area contributed by atoms with Gasteiger partial charge in [0.05, 0.1) is 5.69 Å². The number of ether oxygens (including phenoxy) is 1. The molecule has 3 rings (SSSR count). The first kappa shape index (κ1) is 19.2. The van der Waals surface area contributed by atoms with E-state index in [0.29, 0.717) is 23.8 Å². The smallest absolute Gasteiger partial charge is 0.222 e. The minimum absolute atomic E-state index is 0. The van der Waals surface area contributed by atoms with Crippen molar-refractivity contribution >= 4 is 36.6 Å². The Morgan fingerprint density at radius 2 is 1.86 bits per heavy atom. The highest BCUT2D eigenvalue weighted by Crippen LogP contribution is 2.35. The highest BCUT2D eigenvalue weighted by atomic mass is 35.5. The number of anilines is 2. The summed E-state index contributed by atoms with van der Waals surface area (Å²) >= 11 is 0. The summed E-state index contributed by atoms with van der Waals surface area (Å²) in [6.45, 7) is 2.65. The quantitative estimate of drug-likeness (QED) is 0.768. The summed E-state index contributed by atoms with van der Waals surface area (Å²) in [6.07, 6.45) is 4.21. The van der Waals surface area contributed by atoms with Crippen molar-refractivity contribution in [2.45, 2.75) is 37.6 Å². The molecule has 0 unspecified atom stereocenters. The zero-order chi connectivity index (χ0) is 13.9. The minimum atomic E-state index is 0. The van der Waals surface area contributed by atoms with E-state index in [-0.39, 0.29) is 24.8 Å². The van der Waals surface area contributed by atoms with Gasteiger partial charge in [0.25, 0.3) is 0 Å². The van der Waals surface area contributed by atoms with Gasteiger partial charge in [-0.25, -0.2) is 4.98 Å². The van der Waals surface area contributed by atoms with Gasteiger partial charge >= 0.3 is 0 Å². The number of nitrogens with zero attached hydrogens (tertiary/aromatic N) is 2. The summed E-state index contributed by atoms with van der Waals surface area (Å²) in [5.74, 6) is 2.27. The lowest BCUT2D eigenvalue weighted by atomic mass is 9.78. The van der Waals surface area contributed by atoms with Crippen LogP contribution in [0.5, 0.6) is 0 Å². The molecule has 1 aromatic heterocycles. The molecule has 1 aromatic rings. The average Bonchev–Trinajstić information content (AvgIpc) is 2.42. The first-order valence-corrected chi connectivity index (χ1v) is 7.42. The van der Waals surface area contributed by atoms with E-state index in [1.807, 2.05) is 6.07 Å². The molecule has 5 N–H and O–H groups in total. The predicted molar refractivity (Wildman–Crippen MR) is 92.9 cm³/mol. The second kappa shape index (κ2) is 8.72. The molecule has 0 atom stereocenters. The summed E-state index contributed by atoms with van der Waals surface area (Å²) in [5.41, 5.74) is 12.7. The zero-order valence-electron chi connectivity index (χ0n) is 12.5. The molecule has 2 fully saturated rings. The van der Waals surface area contributed by atoms with Gasteiger partial charge in [-0.15, -0.1) is 24.8 Å². The van der Waals surface area contributed by atoms with Gasteiger partial charge in [-0.1, -0.05) is 0 Å². The number of nitrogens with one attached hydrogen (secondary N) is 1. The maximum Gasteiger partial charge on any atom is 0.222 e. The third-order valence-corrected chi connectivity index (χ3v) is 4.27. The number of aromatic nitrogens is 2. The van der Waals surface area contributed by atoms with Crippen molar-refractivity contribution in [2.75, 3.05) is 30.8 Å². The number of hydrogen-bond acceptors (Lipinski definition) is 6. The second-order valence-corrected chi connectivity index (χ2v) is 5.90. The normalized spacial score (nSPS) is 24.6. The Morgan fingerprint density at radius 3 is 2.50 bits per heavy atom. The zero-order valence-corrected chi connectivity index (χ0v) is 14.2. The van der Waals surface area contributed by atoms with Crippen LogP contribution < -0.4 is 16.8 Å². The number of hydrogen-bond donors (Lipinski definition) is 3. The Morgan fingerprint density at radius 1 is 1.18 bits per heavy atom. The standard InChI is InChI=1S/C14H23N5O.2ClH/c15-11-5-10(6-11)12-7-13(19-14(16)18-12)17-8-9-1-3-20-4-2-9;;/h7,9-11H,1-6,8,15H2,(H3,16,17,18,19);2*1H. The van der Waals surface area contributed by atoms with Crippen LogP contribution in [0.15, 0.2) is 6.07 Å². The summed E-state index contributed by atoms with van der Waals surface area (Å²) in [6, 6.07) is 2.33. The van der Waals surface area contributed by atoms with E-state index in [2.05, 4.69) is 15.3 Å². The van der Waals surface area contributed by atoms with Gasteiger partial charge in [-0.3, -0.25) is 0 Å². The van der Waals surface area contributed by atoms with Crippen LogP contribution in [0.2, 0.25) is 0 Å². The number of halogens is 2. The van der Waals surface area contributed by atoms with Crippen LogP contribution in [-0.4, -0.2) is 35.8 Å². The van der Waals surface area contributed by atoms with Crippen LogP contribution in [0.3, 0.4) is 0 Å². The van der Waals surface area contributed by atoms with E-state index >= 15 is 0 Å². The molecule has 1 aliphatic carbocycles. The van der Waals surface area contributed by atoms with Crippen molar-refractivity contribution < 1.29 is 4.74 Å². The average molecular weight is 350 g/mol. The molecule has 6 nitrogen and oxygen atoms in total. The Balaban J connectivity index is 0.00000121. The molecule has 1 saturated heterocycles. The molecule has 0 bridgehead atoms. The van der Waals surface area contributed by atoms with Crippen molar-refractivity contribution in [2.24, 2.45) is 11.7 Å². The third-order valence-electron chi connectivity index (χ3n) is 4.27. The van der Waals surface area contributed by atoms with Crippen molar-refractivity contribution in [3.05, 3.63) is 11.8 Å². The molecule has 0 aromatic carbocycles. The lowest BCUT2D eigenvalue weighted by Gasteiger charge is -2.32. The van der Waals surface area contributed by atoms with Crippen molar-refractivity contribution in [1.29, 1.82) is 0 Å². The first-order valence-electron chi connectivity index (χ1n) is 7.42. The highest BCUT2D eigenvalue weighted by molar-refractivity contribution is 5.85. The number of rotatable bonds is 4. The SMILES string of the molecule is Cl.Cl.Nc1nc(NCC2CCOCC2)cc(C2CC(N)C2)n1. The maximum absolute atomic E-state index is 5.84. The largest absolute Gasteiger partial charge is 0.381 e. The fourth-order valence-corrected chi connectivity index (χ4v) is 2.89. The molecule has 8 heteroatoms. The van der Waals surface area contributed by atoms with Gasteiger partial charge in [0.2, 0.25) is 5.95 Å². The van der Waals surface area contributed by atoms with Crippen LogP contribution in [0, 0.1) is 5.92 Å². The highest BCUT2D eigenvalue weighted by Gasteiger charge is 2.29. The molecule has 0 amide bonds. The molecule has 126 valence electrons. The van der Waals surface area contributed by atoms with Crippen LogP contribution >= 0.6 is 24.8 Å². The molecule has 22 heavy (non-hydrogen) atoms. The van der Waals surface area contributed by atoms with Crippen LogP contribution in [0.4, 0.5) is 11.8 Å². The minimum Gasteiger partial charge on any atom is -0.381 e. The van der Waals surface area contributed by atoms with Crippen molar-refractivity contribution in [3.8, 4) is 0 Å². The number of nitrogen functional groups attached to an aromatic ring is 1. The predicted octanol–water partition coefficient (Wildman–Crippen LogP) is 1.95. The fraction of sp³-hybridized carbons (Fsp3) is 0.714. The van der Waals surface area contributed by atoms with Crippen LogP contribution in [0.25, 0.3) is 0 Å². The summed E-state index contributed by atoms with van der Waals surface area (Å²) in [7, 11) is 0. The second-order valence-electron chi connectivity index (χ2n) is 5.90. The molecule has 2 heterocycles. The summed E-state index contributed by atoms with van der Waals surface area (Å²) in [4.78, 5) is 8.61. The third kappa shape index (κ3) is 4.84. The Labute approximate surface area is 143 Å². The molecule has 0 radical (unpaired) electrons. The topological polar surface area (TPSA) is 99.1 Å². The monoisotopic (exact) mass is 349 g/mol. The van der Waals surface area contributed by atoms with Gasteiger partial charge < -0.3 is 21.5 Å². The first-order chi connectivity index (χ1) is 9.70. The van der Waals surface area contributed by atoms with Crippen molar-refractivity contribution in [3.63, 3.8) is 0 Å². The summed E-state index contributed by atoms with van der Waals surface area (Å²) in [5, 5.41) is 3.39. The maximum atomic E-state index is 5.84. The Hall–Kier alpha value is -0.820. The Bertz CT molecular complexity index is 465. The van der Waals surface area contributed by atoms with Gasteiger partial charge in [0.15, 0.2) is 0 Å². The molecular weight excluding hydrogens is 325 g/mol. The van der Waals surface area contributed by atoms with E-state index < -0.39 is 0 Å². The molecule has 1 saturated carbocycles. The van der Waals surface area contributed by atoms with E-state index in [9.17, 15) is 0 Å². The Kier molecular flexibility index (Phi) is 7.62. The summed E-state index contributed by atoms with van der Waals surface area (Å²) < 4.78 is 5.37. The van der Waals surface area contributed by atoms with Gasteiger partial charge in [-0.2, -0.15) is 4.98 Å². The number of nitrogens with two attached hydrogens (primary N) is 2. The van der Waals surface area contributed by atoms with Crippen LogP contribution in [0.1, 0.15) is 37.3 Å². The van der Waals surface area contributed by atoms with Crippen molar-refractivity contribution in [1.82, 2.24) is 9.97 Å². The molecule has 0 spiro atoms. The lowest BCUT2D eigenvalue weighted by molar-refractivity contribution is 0.0699. The van der Waals surface area contributed by atoms with Crippen LogP contribution in [-0.2, 0) is 4.74 Å². The lowest BCUT2D eigenvalue weighted by Crippen LogP contribution is -2.35. The van der Waals surface area contributed by atoms with E-state index in [4.69, 9.17) is 16.2 Å². The molecule has 2 aliphatic rings. The molecule has 1 aliphatic heterocycles. The van der Waals surface area contributed by atoms with E-state index in [1.54, 1.807) is 0 Å². The van der Waals surface area contributed by atoms with E-state index in [1.165, 1.54) is 0 Å². The van der Waals surface area contributed by atoms with Gasteiger partial charge in [-0.05, 0) is 31.6 Å². The van der Waals surface area contributed by atoms with Gasteiger partial charge in [0.1, 0.15) is 5.82 Å². The molecular formula is C14H25Cl2N5O.